The van der Waals surface area contributed by atoms with E-state index in [1.807, 2.05) is 0 Å². The maximum Gasteiger partial charge on any atom is 0.0840 e. The Morgan fingerprint density at radius 1 is 1.71 bits per heavy atom. The van der Waals surface area contributed by atoms with E-state index >= 15 is 0 Å². The van der Waals surface area contributed by atoms with Crippen LogP contribution in [-0.2, 0) is 0 Å². The molecule has 0 atom stereocenters. The Balaban J connectivity index is 3.31. The number of rotatable bonds is 0. The average Bonchev–Trinajstić information content (AvgIpc) is 1.82. The van der Waals surface area contributed by atoms with Crippen LogP contribution in [0.5, 0.6) is 0 Å². The number of aromatic nitrogens is 1. The van der Waals surface area contributed by atoms with Gasteiger partial charge < -0.3 is 0 Å². The van der Waals surface area contributed by atoms with Crippen LogP contribution in [0.4, 0.5) is 0 Å². The summed E-state index contributed by atoms with van der Waals surface area (Å²) in [5, 5.41) is 0. The quantitative estimate of drug-likeness (QED) is 0.565. The van der Waals surface area contributed by atoms with Gasteiger partial charge in [-0.25, -0.2) is 0 Å². The highest BCUT2D eigenvalue weighted by molar-refractivity contribution is 9.10. The van der Waals surface area contributed by atoms with Crippen LogP contribution in [0.25, 0.3) is 0 Å². The minimum Gasteiger partial charge on any atom is -0.265 e. The molecule has 1 heterocycles. The zero-order chi connectivity index (χ0) is 7.72. The molecule has 7 heavy (non-hydrogen) atoms. The molecule has 0 saturated carbocycles. The smallest absolute Gasteiger partial charge is 0.0840 e. The van der Waals surface area contributed by atoms with E-state index in [-0.39, 0.29) is 18.4 Å². The fraction of sp³-hybridized carbons (Fsp3) is 0. The molecular formula is C5H4BrN. The summed E-state index contributed by atoms with van der Waals surface area (Å²) in [6, 6.07) is 1.41. The molecule has 0 aliphatic carbocycles. The van der Waals surface area contributed by atoms with Gasteiger partial charge in [-0.3, -0.25) is 4.98 Å². The van der Waals surface area contributed by atoms with E-state index in [9.17, 15) is 0 Å². The van der Waals surface area contributed by atoms with E-state index < -0.39 is 0 Å². The van der Waals surface area contributed by atoms with Crippen LogP contribution in [0, 0.1) is 0 Å². The highest BCUT2D eigenvalue weighted by atomic mass is 79.9. The molecule has 0 fully saturated rings. The average molecular weight is 161 g/mol. The maximum atomic E-state index is 7.16. The van der Waals surface area contributed by atoms with Crippen molar-refractivity contribution in [1.29, 1.82) is 0 Å². The second-order valence-corrected chi connectivity index (χ2v) is 1.82. The predicted molar refractivity (Wildman–Crippen MR) is 31.9 cm³/mol. The van der Waals surface area contributed by atoms with Crippen molar-refractivity contribution in [2.75, 3.05) is 0 Å². The van der Waals surface area contributed by atoms with Crippen molar-refractivity contribution >= 4 is 15.9 Å². The van der Waals surface area contributed by atoms with Crippen LogP contribution >= 0.6 is 15.9 Å². The van der Waals surface area contributed by atoms with E-state index in [1.54, 1.807) is 0 Å². The third-order valence-corrected chi connectivity index (χ3v) is 0.914. The molecule has 1 aromatic rings. The van der Waals surface area contributed by atoms with Gasteiger partial charge in [0.15, 0.2) is 0 Å². The maximum absolute atomic E-state index is 7.16. The molecule has 36 valence electrons. The second-order valence-electron chi connectivity index (χ2n) is 0.970. The topological polar surface area (TPSA) is 12.9 Å². The van der Waals surface area contributed by atoms with E-state index in [0.29, 0.717) is 4.47 Å². The van der Waals surface area contributed by atoms with E-state index in [2.05, 4.69) is 20.9 Å². The monoisotopic (exact) mass is 160 g/mol. The number of hydrogen-bond donors (Lipinski definition) is 0. The summed E-state index contributed by atoms with van der Waals surface area (Å²) in [5.74, 6) is 0. The van der Waals surface area contributed by atoms with Gasteiger partial charge in [0.25, 0.3) is 0 Å². The van der Waals surface area contributed by atoms with E-state index in [1.165, 1.54) is 6.07 Å². The largest absolute Gasteiger partial charge is 0.265 e. The van der Waals surface area contributed by atoms with Gasteiger partial charge in [0, 0.05) is 16.8 Å². The lowest BCUT2D eigenvalue weighted by molar-refractivity contribution is 1.32. The van der Waals surface area contributed by atoms with Crippen molar-refractivity contribution in [3.8, 4) is 0 Å². The number of halogens is 1. The van der Waals surface area contributed by atoms with Gasteiger partial charge in [-0.1, -0.05) is 15.9 Å². The molecule has 0 saturated heterocycles. The first-order valence-electron chi connectivity index (χ1n) is 3.21. The van der Waals surface area contributed by atoms with Gasteiger partial charge in [0.2, 0.25) is 0 Å². The van der Waals surface area contributed by atoms with Crippen molar-refractivity contribution in [2.45, 2.75) is 0 Å². The molecule has 0 aliphatic rings. The summed E-state index contributed by atoms with van der Waals surface area (Å²) in [6.07, 6.45) is -0.160. The lowest BCUT2D eigenvalue weighted by atomic mass is 10.5. The standard InChI is InChI=1S/C5H4BrN/c6-5-1-3-7-4-2-5/h1-4H/i1D,3D,4D. The van der Waals surface area contributed by atoms with Gasteiger partial charge >= 0.3 is 0 Å². The Morgan fingerprint density at radius 2 is 2.57 bits per heavy atom. The Bertz CT molecular complexity index is 240. The first kappa shape index (κ1) is 2.27. The van der Waals surface area contributed by atoms with Gasteiger partial charge in [0.1, 0.15) is 0 Å². The van der Waals surface area contributed by atoms with Crippen molar-refractivity contribution in [1.82, 2.24) is 4.98 Å². The summed E-state index contributed by atoms with van der Waals surface area (Å²) < 4.78 is 21.7. The third kappa shape index (κ3) is 1.27. The summed E-state index contributed by atoms with van der Waals surface area (Å²) in [5.41, 5.74) is 0. The summed E-state index contributed by atoms with van der Waals surface area (Å²) in [7, 11) is 0. The minimum absolute atomic E-state index is 0.00729. The highest BCUT2D eigenvalue weighted by Crippen LogP contribution is 2.03. The molecule has 0 aliphatic heterocycles. The van der Waals surface area contributed by atoms with Crippen LogP contribution in [0.1, 0.15) is 4.11 Å². The second kappa shape index (κ2) is 2.07. The molecule has 1 rings (SSSR count). The molecule has 0 unspecified atom stereocenters. The van der Waals surface area contributed by atoms with Gasteiger partial charge in [0.05, 0.1) is 4.11 Å². The molecule has 0 bridgehead atoms. The first-order chi connectivity index (χ1) is 4.61. The molecular weight excluding hydrogens is 154 g/mol. The number of hydrogen-bond acceptors (Lipinski definition) is 1. The number of nitrogens with zero attached hydrogens (tertiary/aromatic N) is 1. The Hall–Kier alpha value is -0.370. The molecule has 0 N–H and O–H groups in total. The van der Waals surface area contributed by atoms with Crippen LogP contribution in [0.3, 0.4) is 0 Å². The van der Waals surface area contributed by atoms with E-state index in [4.69, 9.17) is 4.11 Å². The summed E-state index contributed by atoms with van der Waals surface area (Å²) >= 11 is 3.03. The number of pyridine rings is 1. The van der Waals surface area contributed by atoms with Crippen molar-refractivity contribution in [3.63, 3.8) is 0 Å². The SMILES string of the molecule is [2H]c1cc(Br)c([2H])c([2H])n1. The fourth-order valence-electron chi connectivity index (χ4n) is 0.239. The minimum atomic E-state index is -0.167. The van der Waals surface area contributed by atoms with Crippen molar-refractivity contribution < 1.29 is 4.11 Å². The molecule has 1 nitrogen and oxygen atoms in total. The molecule has 0 amide bonds. The lowest BCUT2D eigenvalue weighted by Gasteiger charge is -1.80. The predicted octanol–water partition coefficient (Wildman–Crippen LogP) is 1.84. The zero-order valence-corrected chi connectivity index (χ0v) is 4.99. The molecule has 0 spiro atoms. The molecule has 0 aromatic carbocycles. The highest BCUT2D eigenvalue weighted by Gasteiger charge is 1.75. The Labute approximate surface area is 54.7 Å². The van der Waals surface area contributed by atoms with Gasteiger partial charge in [-0.05, 0) is 12.1 Å². The normalized spacial score (nSPS) is 14.7. The van der Waals surface area contributed by atoms with Crippen LogP contribution in [-0.4, -0.2) is 4.98 Å². The summed E-state index contributed by atoms with van der Waals surface area (Å²) in [4.78, 5) is 3.45. The Kier molecular flexibility index (Phi) is 0.671. The van der Waals surface area contributed by atoms with Crippen molar-refractivity contribution in [2.24, 2.45) is 0 Å². The third-order valence-electron chi connectivity index (χ3n) is 0.487. The van der Waals surface area contributed by atoms with Crippen LogP contribution in [0.2, 0.25) is 0 Å². The Morgan fingerprint density at radius 3 is 3.29 bits per heavy atom. The zero-order valence-electron chi connectivity index (χ0n) is 6.40. The van der Waals surface area contributed by atoms with Crippen LogP contribution < -0.4 is 0 Å². The molecule has 1 aromatic heterocycles. The van der Waals surface area contributed by atoms with Gasteiger partial charge in [-0.15, -0.1) is 0 Å². The molecule has 2 heteroatoms. The fourth-order valence-corrected chi connectivity index (χ4v) is 0.430. The lowest BCUT2D eigenvalue weighted by Crippen LogP contribution is -1.63. The van der Waals surface area contributed by atoms with Crippen molar-refractivity contribution in [3.05, 3.63) is 28.9 Å². The van der Waals surface area contributed by atoms with Gasteiger partial charge in [-0.2, -0.15) is 0 Å². The van der Waals surface area contributed by atoms with E-state index in [0.717, 1.165) is 0 Å². The molecule has 0 radical (unpaired) electrons. The summed E-state index contributed by atoms with van der Waals surface area (Å²) in [6.45, 7) is 0. The van der Waals surface area contributed by atoms with Crippen LogP contribution in [0.15, 0.2) is 28.9 Å². The first-order valence-corrected chi connectivity index (χ1v) is 2.51.